The quantitative estimate of drug-likeness (QED) is 0.223. The highest BCUT2D eigenvalue weighted by molar-refractivity contribution is 5.89. The molecule has 2 saturated heterocycles. The summed E-state index contributed by atoms with van der Waals surface area (Å²) in [5.74, 6) is -2.27. The zero-order valence-corrected chi connectivity index (χ0v) is 15.0. The van der Waals surface area contributed by atoms with Crippen LogP contribution in [-0.2, 0) is 19.1 Å². The maximum Gasteiger partial charge on any atom is 0.341 e. The zero-order valence-electron chi connectivity index (χ0n) is 15.0. The van der Waals surface area contributed by atoms with Crippen LogP contribution in [0, 0.1) is 11.1 Å². The third-order valence-corrected chi connectivity index (χ3v) is 5.87. The summed E-state index contributed by atoms with van der Waals surface area (Å²) in [7, 11) is 0. The molecule has 0 aliphatic carbocycles. The van der Waals surface area contributed by atoms with Gasteiger partial charge in [0.2, 0.25) is 0 Å². The SMILES string of the molecule is C/C=C1\C[C@@H](C)[C@](O)(CO)C(=O)OCC2=CC[N+]3([O-])CC[C@@H](OC1=O)[C@@H]23. The van der Waals surface area contributed by atoms with Crippen molar-refractivity contribution in [1.82, 2.24) is 0 Å². The molecule has 0 radical (unpaired) electrons. The van der Waals surface area contributed by atoms with Crippen LogP contribution in [0.25, 0.3) is 0 Å². The third kappa shape index (κ3) is 2.96. The average Bonchev–Trinajstić information content (AvgIpc) is 3.11. The predicted molar refractivity (Wildman–Crippen MR) is 90.3 cm³/mol. The van der Waals surface area contributed by atoms with Gasteiger partial charge in [0, 0.05) is 23.5 Å². The fourth-order valence-corrected chi connectivity index (χ4v) is 4.08. The van der Waals surface area contributed by atoms with Gasteiger partial charge in [0.1, 0.15) is 6.61 Å². The summed E-state index contributed by atoms with van der Waals surface area (Å²) in [5.41, 5.74) is -1.25. The second-order valence-electron chi connectivity index (χ2n) is 7.39. The summed E-state index contributed by atoms with van der Waals surface area (Å²) in [6, 6.07) is -0.594. The number of cyclic esters (lactones) is 1. The molecule has 3 aliphatic rings. The number of esters is 2. The van der Waals surface area contributed by atoms with E-state index in [-0.39, 0.29) is 25.1 Å². The second-order valence-corrected chi connectivity index (χ2v) is 7.39. The average molecular weight is 367 g/mol. The fourth-order valence-electron chi connectivity index (χ4n) is 4.08. The van der Waals surface area contributed by atoms with Crippen molar-refractivity contribution < 1.29 is 33.9 Å². The Balaban J connectivity index is 1.96. The van der Waals surface area contributed by atoms with E-state index in [0.29, 0.717) is 18.5 Å². The molecule has 0 spiro atoms. The van der Waals surface area contributed by atoms with E-state index >= 15 is 0 Å². The van der Waals surface area contributed by atoms with Crippen LogP contribution in [0.3, 0.4) is 0 Å². The van der Waals surface area contributed by atoms with E-state index in [1.54, 1.807) is 26.0 Å². The number of ether oxygens (including phenoxy) is 2. The minimum atomic E-state index is -2.13. The van der Waals surface area contributed by atoms with Gasteiger partial charge in [-0.25, -0.2) is 9.59 Å². The number of nitrogens with zero attached hydrogens (tertiary/aromatic N) is 1. The first-order valence-electron chi connectivity index (χ1n) is 8.88. The molecule has 0 aromatic heterocycles. The van der Waals surface area contributed by atoms with Crippen molar-refractivity contribution in [3.05, 3.63) is 28.5 Å². The van der Waals surface area contributed by atoms with E-state index in [0.717, 1.165) is 0 Å². The number of aliphatic hydroxyl groups is 2. The van der Waals surface area contributed by atoms with E-state index < -0.39 is 46.9 Å². The van der Waals surface area contributed by atoms with Crippen LogP contribution in [0.4, 0.5) is 0 Å². The monoisotopic (exact) mass is 367 g/mol. The van der Waals surface area contributed by atoms with Crippen molar-refractivity contribution in [1.29, 1.82) is 0 Å². The van der Waals surface area contributed by atoms with Crippen LogP contribution < -0.4 is 0 Å². The van der Waals surface area contributed by atoms with Gasteiger partial charge in [-0.1, -0.05) is 13.0 Å². The number of carbonyl (C=O) groups excluding carboxylic acids is 2. The Kier molecular flexibility index (Phi) is 4.96. The van der Waals surface area contributed by atoms with Crippen molar-refractivity contribution in [3.8, 4) is 0 Å². The Morgan fingerprint density at radius 2 is 2.19 bits per heavy atom. The molecule has 8 nitrogen and oxygen atoms in total. The molecule has 2 fully saturated rings. The topological polar surface area (TPSA) is 116 Å². The minimum absolute atomic E-state index is 0.0406. The molecule has 0 aromatic rings. The number of quaternary nitrogens is 1. The summed E-state index contributed by atoms with van der Waals surface area (Å²) in [6.07, 6.45) is 3.22. The Morgan fingerprint density at radius 3 is 2.85 bits per heavy atom. The van der Waals surface area contributed by atoms with Crippen LogP contribution in [0.2, 0.25) is 0 Å². The molecule has 3 heterocycles. The van der Waals surface area contributed by atoms with Gasteiger partial charge >= 0.3 is 11.9 Å². The largest absolute Gasteiger partial charge is 0.632 e. The maximum absolute atomic E-state index is 12.9. The van der Waals surface area contributed by atoms with Gasteiger partial charge in [-0.05, 0) is 19.4 Å². The van der Waals surface area contributed by atoms with Gasteiger partial charge in [-0.2, -0.15) is 0 Å². The molecule has 0 saturated carbocycles. The van der Waals surface area contributed by atoms with Gasteiger partial charge in [-0.15, -0.1) is 0 Å². The first-order chi connectivity index (χ1) is 12.2. The smallest absolute Gasteiger partial charge is 0.341 e. The van der Waals surface area contributed by atoms with Gasteiger partial charge in [0.15, 0.2) is 17.7 Å². The normalized spacial score (nSPS) is 42.4. The molecular formula is C18H25NO7. The molecule has 0 amide bonds. The number of hydroxylamine groups is 3. The summed E-state index contributed by atoms with van der Waals surface area (Å²) in [4.78, 5) is 25.0. The number of hydrogen-bond donors (Lipinski definition) is 2. The van der Waals surface area contributed by atoms with E-state index in [4.69, 9.17) is 9.47 Å². The summed E-state index contributed by atoms with van der Waals surface area (Å²) >= 11 is 0. The first kappa shape index (κ1) is 19.0. The Bertz CT molecular complexity index is 672. The van der Waals surface area contributed by atoms with Crippen LogP contribution in [0.1, 0.15) is 26.7 Å². The number of carbonyl (C=O) groups is 2. The molecule has 3 rings (SSSR count). The number of allylic oxidation sites excluding steroid dienone is 1. The highest BCUT2D eigenvalue weighted by Crippen LogP contribution is 2.39. The van der Waals surface area contributed by atoms with Crippen LogP contribution in [0.15, 0.2) is 23.3 Å². The third-order valence-electron chi connectivity index (χ3n) is 5.87. The van der Waals surface area contributed by atoms with Gasteiger partial charge in [0.05, 0.1) is 19.7 Å². The Labute approximate surface area is 151 Å². The molecule has 26 heavy (non-hydrogen) atoms. The molecule has 144 valence electrons. The number of hydrogen-bond acceptors (Lipinski definition) is 7. The Hall–Kier alpha value is -1.74. The predicted octanol–water partition coefficient (Wildman–Crippen LogP) is 0.178. The van der Waals surface area contributed by atoms with Gasteiger partial charge in [0.25, 0.3) is 0 Å². The minimum Gasteiger partial charge on any atom is -0.632 e. The second kappa shape index (κ2) is 6.77. The lowest BCUT2D eigenvalue weighted by Gasteiger charge is -2.41. The lowest BCUT2D eigenvalue weighted by molar-refractivity contribution is -0.877. The molecular weight excluding hydrogens is 342 g/mol. The van der Waals surface area contributed by atoms with Crippen molar-refractivity contribution in [2.75, 3.05) is 26.3 Å². The molecule has 2 N–H and O–H groups in total. The van der Waals surface area contributed by atoms with Crippen molar-refractivity contribution in [3.63, 3.8) is 0 Å². The standard InChI is InChI=1S/C18H25NO7/c1-3-12-8-11(2)18(23,10-20)17(22)25-9-13-4-6-19(24)7-5-14(15(13)19)26-16(12)21/h3-4,11,14-15,20,23H,5-10H2,1-2H3/b12-3+/t11-,14-,15-,18-,19?/m1/s1. The van der Waals surface area contributed by atoms with Gasteiger partial charge < -0.3 is 29.5 Å². The zero-order chi connectivity index (χ0) is 19.1. The lowest BCUT2D eigenvalue weighted by atomic mass is 9.84. The molecule has 8 heteroatoms. The summed E-state index contributed by atoms with van der Waals surface area (Å²) in [6.45, 7) is 2.81. The highest BCUT2D eigenvalue weighted by Gasteiger charge is 2.51. The Morgan fingerprint density at radius 1 is 1.46 bits per heavy atom. The number of rotatable bonds is 1. The fraction of sp³-hybridized carbons (Fsp3) is 0.667. The van der Waals surface area contributed by atoms with Crippen LogP contribution in [0.5, 0.6) is 0 Å². The van der Waals surface area contributed by atoms with E-state index in [1.807, 2.05) is 0 Å². The number of aliphatic hydroxyl groups excluding tert-OH is 1. The maximum atomic E-state index is 12.9. The molecule has 0 bridgehead atoms. The van der Waals surface area contributed by atoms with Gasteiger partial charge in [-0.3, -0.25) is 0 Å². The van der Waals surface area contributed by atoms with E-state index in [9.17, 15) is 25.0 Å². The van der Waals surface area contributed by atoms with Crippen molar-refractivity contribution in [2.24, 2.45) is 5.92 Å². The van der Waals surface area contributed by atoms with Crippen LogP contribution >= 0.6 is 0 Å². The summed E-state index contributed by atoms with van der Waals surface area (Å²) in [5, 5.41) is 33.1. The lowest BCUT2D eigenvalue weighted by Crippen LogP contribution is -2.51. The molecule has 1 unspecified atom stereocenters. The van der Waals surface area contributed by atoms with E-state index in [2.05, 4.69) is 0 Å². The highest BCUT2D eigenvalue weighted by atomic mass is 16.6. The van der Waals surface area contributed by atoms with E-state index in [1.165, 1.54) is 0 Å². The van der Waals surface area contributed by atoms with Crippen molar-refractivity contribution in [2.45, 2.75) is 44.4 Å². The first-order valence-corrected chi connectivity index (χ1v) is 8.88. The molecule has 0 aromatic carbocycles. The summed E-state index contributed by atoms with van der Waals surface area (Å²) < 4.78 is 10.4. The molecule has 3 aliphatic heterocycles. The molecule has 5 atom stereocenters. The van der Waals surface area contributed by atoms with Crippen molar-refractivity contribution >= 4 is 11.9 Å². The van der Waals surface area contributed by atoms with Crippen LogP contribution in [-0.4, -0.2) is 70.8 Å².